The summed E-state index contributed by atoms with van der Waals surface area (Å²) in [5.74, 6) is -1.52. The van der Waals surface area contributed by atoms with E-state index in [0.717, 1.165) is 17.7 Å². The Bertz CT molecular complexity index is 1110. The summed E-state index contributed by atoms with van der Waals surface area (Å²) < 4.78 is 38.8. The van der Waals surface area contributed by atoms with Gasteiger partial charge >= 0.3 is 12.2 Å². The predicted molar refractivity (Wildman–Crippen MR) is 118 cm³/mol. The SMILES string of the molecule is CC(C)(C)c1ccc(C2(C)NC(=O)N(CC(=O)Nc3cc(C(F)(F)F)ccc3Cl)C2=O)cc1. The molecule has 1 aliphatic rings. The summed E-state index contributed by atoms with van der Waals surface area (Å²) in [6, 6.07) is 8.91. The van der Waals surface area contributed by atoms with E-state index in [1.807, 2.05) is 32.9 Å². The number of amides is 4. The highest BCUT2D eigenvalue weighted by atomic mass is 35.5. The zero-order valence-electron chi connectivity index (χ0n) is 18.4. The summed E-state index contributed by atoms with van der Waals surface area (Å²) in [5.41, 5.74) is -1.18. The van der Waals surface area contributed by atoms with Crippen LogP contribution < -0.4 is 10.6 Å². The number of hydrogen-bond acceptors (Lipinski definition) is 3. The summed E-state index contributed by atoms with van der Waals surface area (Å²) in [6.07, 6.45) is -4.63. The second-order valence-corrected chi connectivity index (χ2v) is 9.42. The summed E-state index contributed by atoms with van der Waals surface area (Å²) >= 11 is 5.89. The van der Waals surface area contributed by atoms with E-state index in [4.69, 9.17) is 11.6 Å². The van der Waals surface area contributed by atoms with E-state index in [1.165, 1.54) is 6.92 Å². The van der Waals surface area contributed by atoms with Crippen LogP contribution in [0.5, 0.6) is 0 Å². The number of alkyl halides is 3. The van der Waals surface area contributed by atoms with Gasteiger partial charge in [0.15, 0.2) is 0 Å². The molecule has 0 spiro atoms. The molecule has 3 rings (SSSR count). The molecule has 33 heavy (non-hydrogen) atoms. The molecule has 1 atom stereocenters. The molecule has 2 N–H and O–H groups in total. The maximum absolute atomic E-state index is 13.0. The molecule has 176 valence electrons. The van der Waals surface area contributed by atoms with Gasteiger partial charge in [-0.25, -0.2) is 4.79 Å². The third-order valence-electron chi connectivity index (χ3n) is 5.47. The van der Waals surface area contributed by atoms with E-state index in [0.29, 0.717) is 16.5 Å². The second kappa shape index (κ2) is 8.37. The normalized spacial score (nSPS) is 19.0. The van der Waals surface area contributed by atoms with Gasteiger partial charge in [0.05, 0.1) is 16.3 Å². The van der Waals surface area contributed by atoms with Crippen molar-refractivity contribution in [3.05, 3.63) is 64.2 Å². The molecule has 1 heterocycles. The first-order valence-electron chi connectivity index (χ1n) is 10.0. The maximum Gasteiger partial charge on any atom is 0.416 e. The number of urea groups is 1. The van der Waals surface area contributed by atoms with Crippen LogP contribution >= 0.6 is 11.6 Å². The van der Waals surface area contributed by atoms with Gasteiger partial charge in [-0.05, 0) is 41.7 Å². The molecule has 0 aromatic heterocycles. The quantitative estimate of drug-likeness (QED) is 0.599. The van der Waals surface area contributed by atoms with Gasteiger partial charge in [0.2, 0.25) is 5.91 Å². The number of rotatable bonds is 4. The van der Waals surface area contributed by atoms with Crippen LogP contribution in [0.3, 0.4) is 0 Å². The van der Waals surface area contributed by atoms with Gasteiger partial charge in [-0.3, -0.25) is 14.5 Å². The molecule has 4 amide bonds. The number of anilines is 1. The number of nitrogens with one attached hydrogen (secondary N) is 2. The van der Waals surface area contributed by atoms with E-state index < -0.39 is 41.7 Å². The van der Waals surface area contributed by atoms with Crippen molar-refractivity contribution in [1.29, 1.82) is 0 Å². The predicted octanol–water partition coefficient (Wildman–Crippen LogP) is 5.06. The Kier molecular flexibility index (Phi) is 6.23. The van der Waals surface area contributed by atoms with Crippen molar-refractivity contribution in [1.82, 2.24) is 10.2 Å². The van der Waals surface area contributed by atoms with E-state index in [-0.39, 0.29) is 16.1 Å². The summed E-state index contributed by atoms with van der Waals surface area (Å²) in [5, 5.41) is 4.72. The first-order valence-corrected chi connectivity index (χ1v) is 10.4. The number of carbonyl (C=O) groups is 3. The average molecular weight is 482 g/mol. The van der Waals surface area contributed by atoms with Crippen LogP contribution in [-0.2, 0) is 26.7 Å². The zero-order chi connectivity index (χ0) is 24.8. The van der Waals surface area contributed by atoms with Crippen molar-refractivity contribution in [2.75, 3.05) is 11.9 Å². The highest BCUT2D eigenvalue weighted by molar-refractivity contribution is 6.33. The Labute approximate surface area is 194 Å². The van der Waals surface area contributed by atoms with E-state index >= 15 is 0 Å². The van der Waals surface area contributed by atoms with Crippen molar-refractivity contribution in [3.63, 3.8) is 0 Å². The smallest absolute Gasteiger partial charge is 0.323 e. The lowest BCUT2D eigenvalue weighted by Crippen LogP contribution is -2.42. The van der Waals surface area contributed by atoms with Gasteiger partial charge < -0.3 is 10.6 Å². The van der Waals surface area contributed by atoms with Crippen LogP contribution in [0.15, 0.2) is 42.5 Å². The minimum absolute atomic E-state index is 0.100. The van der Waals surface area contributed by atoms with Gasteiger partial charge in [0.25, 0.3) is 5.91 Å². The molecule has 0 bridgehead atoms. The van der Waals surface area contributed by atoms with Gasteiger partial charge in [-0.2, -0.15) is 13.2 Å². The first-order chi connectivity index (χ1) is 15.1. The number of benzene rings is 2. The Morgan fingerprint density at radius 2 is 1.64 bits per heavy atom. The summed E-state index contributed by atoms with van der Waals surface area (Å²) in [7, 11) is 0. The molecule has 10 heteroatoms. The highest BCUT2D eigenvalue weighted by Gasteiger charge is 2.49. The van der Waals surface area contributed by atoms with Gasteiger partial charge in [0, 0.05) is 0 Å². The van der Waals surface area contributed by atoms with E-state index in [1.54, 1.807) is 12.1 Å². The molecule has 0 aliphatic carbocycles. The zero-order valence-corrected chi connectivity index (χ0v) is 19.2. The number of carbonyl (C=O) groups excluding carboxylic acids is 3. The highest BCUT2D eigenvalue weighted by Crippen LogP contribution is 2.34. The van der Waals surface area contributed by atoms with Crippen LogP contribution in [0.4, 0.5) is 23.7 Å². The van der Waals surface area contributed by atoms with Crippen LogP contribution in [0, 0.1) is 0 Å². The van der Waals surface area contributed by atoms with Crippen LogP contribution in [0.2, 0.25) is 5.02 Å². The van der Waals surface area contributed by atoms with Crippen molar-refractivity contribution in [2.45, 2.75) is 44.8 Å². The molecule has 2 aromatic carbocycles. The first kappa shape index (κ1) is 24.6. The van der Waals surface area contributed by atoms with Crippen LogP contribution in [0.25, 0.3) is 0 Å². The minimum Gasteiger partial charge on any atom is -0.323 e. The molecular formula is C23H23ClF3N3O3. The molecule has 1 aliphatic heterocycles. The number of hydrogen-bond donors (Lipinski definition) is 2. The van der Waals surface area contributed by atoms with Gasteiger partial charge in [0.1, 0.15) is 12.1 Å². The summed E-state index contributed by atoms with van der Waals surface area (Å²) in [6.45, 7) is 6.98. The minimum atomic E-state index is -4.63. The molecular weight excluding hydrogens is 459 g/mol. The third-order valence-corrected chi connectivity index (χ3v) is 5.80. The standard InChI is InChI=1S/C23H23ClF3N3O3/c1-21(2,3)13-5-7-14(8-6-13)22(4)19(32)30(20(33)29-22)12-18(31)28-17-11-15(23(25,26)27)9-10-16(17)24/h5-11H,12H2,1-4H3,(H,28,31)(H,29,33). The Morgan fingerprint density at radius 3 is 2.18 bits per heavy atom. The molecule has 2 aromatic rings. The fourth-order valence-electron chi connectivity index (χ4n) is 3.47. The number of nitrogens with zero attached hydrogens (tertiary/aromatic N) is 1. The largest absolute Gasteiger partial charge is 0.416 e. The molecule has 1 fully saturated rings. The average Bonchev–Trinajstić information content (AvgIpc) is 2.92. The van der Waals surface area contributed by atoms with Crippen LogP contribution in [-0.4, -0.2) is 29.3 Å². The van der Waals surface area contributed by atoms with Crippen molar-refractivity contribution in [3.8, 4) is 0 Å². The topological polar surface area (TPSA) is 78.5 Å². The fourth-order valence-corrected chi connectivity index (χ4v) is 3.64. The number of imide groups is 1. The molecule has 1 unspecified atom stereocenters. The molecule has 6 nitrogen and oxygen atoms in total. The Balaban J connectivity index is 1.77. The Hall–Kier alpha value is -3.07. The lowest BCUT2D eigenvalue weighted by atomic mass is 9.84. The molecule has 0 radical (unpaired) electrons. The Morgan fingerprint density at radius 1 is 1.06 bits per heavy atom. The van der Waals surface area contributed by atoms with Crippen molar-refractivity contribution < 1.29 is 27.6 Å². The number of halogens is 4. The van der Waals surface area contributed by atoms with Crippen LogP contribution in [0.1, 0.15) is 44.4 Å². The van der Waals surface area contributed by atoms with Gasteiger partial charge in [-0.15, -0.1) is 0 Å². The van der Waals surface area contributed by atoms with Crippen molar-refractivity contribution >= 4 is 35.1 Å². The lowest BCUT2D eigenvalue weighted by molar-refractivity contribution is -0.137. The molecule has 1 saturated heterocycles. The third kappa shape index (κ3) is 4.98. The van der Waals surface area contributed by atoms with E-state index in [9.17, 15) is 27.6 Å². The monoisotopic (exact) mass is 481 g/mol. The van der Waals surface area contributed by atoms with Gasteiger partial charge in [-0.1, -0.05) is 56.6 Å². The lowest BCUT2D eigenvalue weighted by Gasteiger charge is -2.24. The molecule has 0 saturated carbocycles. The maximum atomic E-state index is 13.0. The van der Waals surface area contributed by atoms with Crippen molar-refractivity contribution in [2.24, 2.45) is 0 Å². The van der Waals surface area contributed by atoms with E-state index in [2.05, 4.69) is 10.6 Å². The second-order valence-electron chi connectivity index (χ2n) is 9.01. The fraction of sp³-hybridized carbons (Fsp3) is 0.348. The summed E-state index contributed by atoms with van der Waals surface area (Å²) in [4.78, 5) is 38.7.